The molecule has 0 amide bonds. The minimum absolute atomic E-state index is 0.00266. The van der Waals surface area contributed by atoms with Crippen LogP contribution in [-0.2, 0) is 4.79 Å². The van der Waals surface area contributed by atoms with Gasteiger partial charge >= 0.3 is 6.01 Å². The molecule has 5 rings (SSSR count). The molecule has 6 nitrogen and oxygen atoms in total. The fraction of sp³-hybridized carbons (Fsp3) is 0.608. The van der Waals surface area contributed by atoms with Crippen LogP contribution >= 0.6 is 11.3 Å². The zero-order valence-electron chi connectivity index (χ0n) is 38.8. The number of ketones is 1. The maximum absolute atomic E-state index is 16.7. The van der Waals surface area contributed by atoms with Crippen molar-refractivity contribution in [1.29, 1.82) is 5.26 Å². The quantitative estimate of drug-likeness (QED) is 0.0733. The van der Waals surface area contributed by atoms with Gasteiger partial charge in [0.25, 0.3) is 0 Å². The van der Waals surface area contributed by atoms with E-state index < -0.39 is 23.2 Å². The molecular formula is C51H71F3N4O2S. The number of carbonyl (C=O) groups is 1. The van der Waals surface area contributed by atoms with E-state index in [4.69, 9.17) is 14.7 Å². The number of ether oxygens (including phenoxy) is 1. The lowest BCUT2D eigenvalue weighted by Gasteiger charge is -2.36. The molecular weight excluding hydrogens is 790 g/mol. The molecule has 334 valence electrons. The van der Waals surface area contributed by atoms with Crippen LogP contribution in [-0.4, -0.2) is 41.1 Å². The molecule has 61 heavy (non-hydrogen) atoms. The highest BCUT2D eigenvalue weighted by molar-refractivity contribution is 7.19. The van der Waals surface area contributed by atoms with E-state index >= 15 is 13.2 Å². The number of alkyl halides is 1. The molecule has 0 spiro atoms. The van der Waals surface area contributed by atoms with E-state index in [9.17, 15) is 10.1 Å². The number of rotatable bonds is 22. The van der Waals surface area contributed by atoms with Gasteiger partial charge in [-0.1, -0.05) is 94.2 Å². The summed E-state index contributed by atoms with van der Waals surface area (Å²) in [5, 5.41) is 11.3. The number of hydrogen-bond donors (Lipinski definition) is 0. The lowest BCUT2D eigenvalue weighted by molar-refractivity contribution is -0.112. The van der Waals surface area contributed by atoms with Gasteiger partial charge in [-0.25, -0.2) is 13.2 Å². The van der Waals surface area contributed by atoms with E-state index in [2.05, 4.69) is 66.0 Å². The molecule has 4 atom stereocenters. The molecule has 1 aliphatic carbocycles. The second kappa shape index (κ2) is 21.9. The molecule has 4 unspecified atom stereocenters. The SMILES string of the molecule is C=CC(C)=O.CCCCC1(CC(C)(COc2nc(N(CC)C(CCC(C)CC)C(C)C)c3cc(F)c(-c4ccc(F)c5sc(C(C)C)c(C#N)c45)cc3n2)CC(F)CC)CC1. The van der Waals surface area contributed by atoms with Gasteiger partial charge in [-0.2, -0.15) is 15.2 Å². The first kappa shape index (κ1) is 49.7. The van der Waals surface area contributed by atoms with Crippen LogP contribution in [0.5, 0.6) is 6.01 Å². The first-order valence-electron chi connectivity index (χ1n) is 22.7. The summed E-state index contributed by atoms with van der Waals surface area (Å²) < 4.78 is 54.3. The Morgan fingerprint density at radius 3 is 2.28 bits per heavy atom. The normalized spacial score (nSPS) is 15.8. The van der Waals surface area contributed by atoms with Gasteiger partial charge in [-0.05, 0) is 118 Å². The molecule has 1 aliphatic rings. The van der Waals surface area contributed by atoms with Crippen LogP contribution in [0.4, 0.5) is 19.0 Å². The monoisotopic (exact) mass is 861 g/mol. The van der Waals surface area contributed by atoms with Crippen molar-refractivity contribution in [3.05, 3.63) is 59.0 Å². The van der Waals surface area contributed by atoms with Crippen molar-refractivity contribution in [2.24, 2.45) is 22.7 Å². The number of allylic oxidation sites excluding steroid dienone is 1. The van der Waals surface area contributed by atoms with Crippen molar-refractivity contribution in [3.8, 4) is 23.2 Å². The summed E-state index contributed by atoms with van der Waals surface area (Å²) in [6.07, 6.45) is 11.0. The maximum Gasteiger partial charge on any atom is 0.318 e. The number of fused-ring (bicyclic) bond motifs is 2. The van der Waals surface area contributed by atoms with Crippen LogP contribution in [0, 0.1) is 45.6 Å². The molecule has 0 aliphatic heterocycles. The van der Waals surface area contributed by atoms with Crippen LogP contribution in [0.25, 0.3) is 32.1 Å². The first-order chi connectivity index (χ1) is 28.9. The Morgan fingerprint density at radius 2 is 1.74 bits per heavy atom. The molecule has 0 N–H and O–H groups in total. The summed E-state index contributed by atoms with van der Waals surface area (Å²) >= 11 is 1.26. The standard InChI is InChI=1S/C47H65F3N4OS.C4H6O/c1-11-15-20-47(21-22-47)27-46(10,25-32(48)13-3)28-55-45-52-39-24-34(33-17-18-37(49)43-41(33)36(26-51)42(56-43)30(7)8)38(50)23-35(39)44(53-45)54(14-4)40(29(5)6)19-16-31(9)12-2;1-3-4(2)5/h17-18,23-24,29-32,40H,11-16,19-22,25,27-28H2,1-10H3;3H,1H2,2H3. The highest BCUT2D eigenvalue weighted by Crippen LogP contribution is 2.58. The molecule has 0 bridgehead atoms. The minimum Gasteiger partial charge on any atom is -0.463 e. The third-order valence-corrected chi connectivity index (χ3v) is 14.2. The number of nitriles is 1. The van der Waals surface area contributed by atoms with Gasteiger partial charge in [0.05, 0.1) is 22.4 Å². The Kier molecular flexibility index (Phi) is 17.8. The molecule has 2 heterocycles. The van der Waals surface area contributed by atoms with Gasteiger partial charge in [-0.15, -0.1) is 11.3 Å². The Labute approximate surface area is 368 Å². The number of benzene rings is 2. The average Bonchev–Trinajstić information content (AvgIpc) is 3.86. The van der Waals surface area contributed by atoms with Crippen LogP contribution < -0.4 is 9.64 Å². The number of hydrogen-bond acceptors (Lipinski definition) is 7. The molecule has 4 aromatic rings. The highest BCUT2D eigenvalue weighted by Gasteiger charge is 2.47. The zero-order valence-corrected chi connectivity index (χ0v) is 39.6. The van der Waals surface area contributed by atoms with E-state index in [0.717, 1.165) is 43.4 Å². The number of carbonyl (C=O) groups excluding carboxylic acids is 1. The average molecular weight is 861 g/mol. The smallest absolute Gasteiger partial charge is 0.318 e. The molecule has 2 aromatic heterocycles. The first-order valence-corrected chi connectivity index (χ1v) is 23.5. The van der Waals surface area contributed by atoms with Crippen LogP contribution in [0.1, 0.15) is 163 Å². The molecule has 0 saturated heterocycles. The van der Waals surface area contributed by atoms with Crippen molar-refractivity contribution < 1.29 is 22.7 Å². The second-order valence-corrected chi connectivity index (χ2v) is 19.7. The van der Waals surface area contributed by atoms with Crippen molar-refractivity contribution in [3.63, 3.8) is 0 Å². The second-order valence-electron chi connectivity index (χ2n) is 18.7. The summed E-state index contributed by atoms with van der Waals surface area (Å²) in [7, 11) is 0. The van der Waals surface area contributed by atoms with Crippen LogP contribution in [0.3, 0.4) is 0 Å². The lowest BCUT2D eigenvalue weighted by Crippen LogP contribution is -2.40. The van der Waals surface area contributed by atoms with Gasteiger partial charge < -0.3 is 9.64 Å². The molecule has 2 aromatic carbocycles. The number of nitrogens with zero attached hydrogens (tertiary/aromatic N) is 4. The number of aromatic nitrogens is 2. The Bertz CT molecular complexity index is 2160. The van der Waals surface area contributed by atoms with E-state index in [1.807, 2.05) is 20.8 Å². The topological polar surface area (TPSA) is 79.1 Å². The predicted octanol–water partition coefficient (Wildman–Crippen LogP) is 15.1. The minimum atomic E-state index is -0.934. The summed E-state index contributed by atoms with van der Waals surface area (Å²) in [5.41, 5.74) is 1.38. The van der Waals surface area contributed by atoms with Gasteiger partial charge in [-0.3, -0.25) is 4.79 Å². The van der Waals surface area contributed by atoms with Crippen LogP contribution in [0.2, 0.25) is 0 Å². The van der Waals surface area contributed by atoms with Crippen molar-refractivity contribution in [2.45, 2.75) is 165 Å². The predicted molar refractivity (Wildman–Crippen MR) is 250 cm³/mol. The molecule has 1 fully saturated rings. The van der Waals surface area contributed by atoms with Gasteiger partial charge in [0.2, 0.25) is 0 Å². The summed E-state index contributed by atoms with van der Waals surface area (Å²) in [4.78, 5) is 22.8. The number of anilines is 1. The van der Waals surface area contributed by atoms with Crippen LogP contribution in [0.15, 0.2) is 36.9 Å². The fourth-order valence-electron chi connectivity index (χ4n) is 8.83. The van der Waals surface area contributed by atoms with Gasteiger partial charge in [0.1, 0.15) is 29.7 Å². The summed E-state index contributed by atoms with van der Waals surface area (Å²) in [6, 6.07) is 8.75. The largest absolute Gasteiger partial charge is 0.463 e. The Hall–Kier alpha value is -3.97. The van der Waals surface area contributed by atoms with Crippen molar-refractivity contribution in [2.75, 3.05) is 18.1 Å². The lowest BCUT2D eigenvalue weighted by atomic mass is 9.74. The Balaban J connectivity index is 0.00000155. The fourth-order valence-corrected chi connectivity index (χ4v) is 10.0. The van der Waals surface area contributed by atoms with Crippen molar-refractivity contribution in [1.82, 2.24) is 9.97 Å². The van der Waals surface area contributed by atoms with E-state index in [-0.39, 0.29) is 41.3 Å². The Morgan fingerprint density at radius 1 is 1.05 bits per heavy atom. The summed E-state index contributed by atoms with van der Waals surface area (Å²) in [5.74, 6) is 0.563. The van der Waals surface area contributed by atoms with Gasteiger partial charge in [0, 0.05) is 39.2 Å². The summed E-state index contributed by atoms with van der Waals surface area (Å²) in [6.45, 7) is 26.9. The number of unbranched alkanes of at least 4 members (excludes halogenated alkanes) is 1. The number of thiophene rings is 1. The van der Waals surface area contributed by atoms with E-state index in [0.29, 0.717) is 69.2 Å². The van der Waals surface area contributed by atoms with Gasteiger partial charge in [0.15, 0.2) is 5.78 Å². The zero-order chi connectivity index (χ0) is 45.2. The van der Waals surface area contributed by atoms with E-state index in [1.54, 1.807) is 12.1 Å². The molecule has 10 heteroatoms. The molecule has 1 saturated carbocycles. The number of halogens is 3. The third-order valence-electron chi connectivity index (χ3n) is 12.7. The molecule has 0 radical (unpaired) electrons. The maximum atomic E-state index is 16.7. The van der Waals surface area contributed by atoms with E-state index in [1.165, 1.54) is 55.7 Å². The third kappa shape index (κ3) is 12.4. The van der Waals surface area contributed by atoms with Crippen molar-refractivity contribution >= 4 is 43.9 Å². The highest BCUT2D eigenvalue weighted by atomic mass is 32.1.